The van der Waals surface area contributed by atoms with E-state index in [0.29, 0.717) is 0 Å². The fraction of sp³-hybridized carbons (Fsp3) is 0.615. The van der Waals surface area contributed by atoms with Gasteiger partial charge in [-0.05, 0) is 43.4 Å². The summed E-state index contributed by atoms with van der Waals surface area (Å²) >= 11 is 0. The van der Waals surface area contributed by atoms with Gasteiger partial charge < -0.3 is 10.6 Å². The number of nitrogens with zero attached hydrogens (tertiary/aromatic N) is 2. The molecule has 0 bridgehead atoms. The van der Waals surface area contributed by atoms with Crippen molar-refractivity contribution in [2.45, 2.75) is 32.7 Å². The van der Waals surface area contributed by atoms with E-state index in [0.717, 1.165) is 24.8 Å². The van der Waals surface area contributed by atoms with Gasteiger partial charge in [0.05, 0.1) is 0 Å². The second-order valence-electron chi connectivity index (χ2n) is 4.93. The highest BCUT2D eigenvalue weighted by molar-refractivity contribution is 5.42. The Labute approximate surface area is 97.7 Å². The molecule has 2 N–H and O–H groups in total. The average Bonchev–Trinajstić information content (AvgIpc) is 2.29. The summed E-state index contributed by atoms with van der Waals surface area (Å²) in [6, 6.07) is 4.22. The highest BCUT2D eigenvalue weighted by atomic mass is 15.2. The van der Waals surface area contributed by atoms with E-state index in [2.05, 4.69) is 22.9 Å². The number of piperidine rings is 1. The summed E-state index contributed by atoms with van der Waals surface area (Å²) in [5.74, 6) is 1.86. The van der Waals surface area contributed by atoms with Crippen LogP contribution in [0.1, 0.15) is 38.3 Å². The first-order valence-corrected chi connectivity index (χ1v) is 6.13. The van der Waals surface area contributed by atoms with Crippen LogP contribution in [0, 0.1) is 5.92 Å². The summed E-state index contributed by atoms with van der Waals surface area (Å²) in [6.45, 7) is 6.56. The summed E-state index contributed by atoms with van der Waals surface area (Å²) in [5.41, 5.74) is 7.06. The first kappa shape index (κ1) is 11.4. The molecule has 2 heterocycles. The van der Waals surface area contributed by atoms with Crippen molar-refractivity contribution in [2.24, 2.45) is 11.7 Å². The van der Waals surface area contributed by atoms with Gasteiger partial charge in [0.25, 0.3) is 0 Å². The second kappa shape index (κ2) is 4.83. The Kier molecular flexibility index (Phi) is 3.44. The molecule has 16 heavy (non-hydrogen) atoms. The predicted molar refractivity (Wildman–Crippen MR) is 67.5 cm³/mol. The highest BCUT2D eigenvalue weighted by Crippen LogP contribution is 2.22. The van der Waals surface area contributed by atoms with Crippen molar-refractivity contribution in [2.75, 3.05) is 18.0 Å². The average molecular weight is 219 g/mol. The number of aromatic nitrogens is 1. The van der Waals surface area contributed by atoms with Crippen molar-refractivity contribution in [1.29, 1.82) is 0 Å². The van der Waals surface area contributed by atoms with Crippen LogP contribution in [0.4, 0.5) is 5.82 Å². The quantitative estimate of drug-likeness (QED) is 0.830. The van der Waals surface area contributed by atoms with E-state index in [1.807, 2.05) is 19.2 Å². The molecule has 1 aliphatic rings. The van der Waals surface area contributed by atoms with E-state index in [-0.39, 0.29) is 6.04 Å². The van der Waals surface area contributed by atoms with E-state index in [1.54, 1.807) is 0 Å². The van der Waals surface area contributed by atoms with Gasteiger partial charge in [-0.15, -0.1) is 0 Å². The SMILES string of the molecule is CC1CCCN(c2cc([C@H](C)N)ccn2)C1. The number of hydrogen-bond donors (Lipinski definition) is 1. The van der Waals surface area contributed by atoms with Crippen LogP contribution in [0.15, 0.2) is 18.3 Å². The van der Waals surface area contributed by atoms with Crippen molar-refractivity contribution in [1.82, 2.24) is 4.98 Å². The van der Waals surface area contributed by atoms with Crippen LogP contribution < -0.4 is 10.6 Å². The second-order valence-corrected chi connectivity index (χ2v) is 4.93. The van der Waals surface area contributed by atoms with Gasteiger partial charge in [-0.3, -0.25) is 0 Å². The highest BCUT2D eigenvalue weighted by Gasteiger charge is 2.17. The lowest BCUT2D eigenvalue weighted by molar-refractivity contribution is 0.444. The molecular weight excluding hydrogens is 198 g/mol. The molecule has 2 rings (SSSR count). The third-order valence-electron chi connectivity index (χ3n) is 3.28. The largest absolute Gasteiger partial charge is 0.356 e. The van der Waals surface area contributed by atoms with Gasteiger partial charge in [0, 0.05) is 25.3 Å². The molecular formula is C13H21N3. The first-order valence-electron chi connectivity index (χ1n) is 6.13. The van der Waals surface area contributed by atoms with E-state index >= 15 is 0 Å². The molecule has 0 spiro atoms. The Morgan fingerprint density at radius 3 is 3.06 bits per heavy atom. The van der Waals surface area contributed by atoms with Gasteiger partial charge in [-0.2, -0.15) is 0 Å². The molecule has 1 aromatic heterocycles. The summed E-state index contributed by atoms with van der Waals surface area (Å²) in [4.78, 5) is 6.83. The lowest BCUT2D eigenvalue weighted by Crippen LogP contribution is -2.34. The molecule has 88 valence electrons. The summed E-state index contributed by atoms with van der Waals surface area (Å²) in [5, 5.41) is 0. The molecule has 0 saturated carbocycles. The van der Waals surface area contributed by atoms with Crippen LogP contribution in [0.2, 0.25) is 0 Å². The molecule has 1 aliphatic heterocycles. The number of nitrogens with two attached hydrogens (primary N) is 1. The fourth-order valence-electron chi connectivity index (χ4n) is 2.29. The normalized spacial score (nSPS) is 23.2. The van der Waals surface area contributed by atoms with Crippen molar-refractivity contribution in [3.05, 3.63) is 23.9 Å². The van der Waals surface area contributed by atoms with Gasteiger partial charge in [0.1, 0.15) is 5.82 Å². The Morgan fingerprint density at radius 1 is 1.56 bits per heavy atom. The molecule has 0 aromatic carbocycles. The molecule has 0 radical (unpaired) electrons. The van der Waals surface area contributed by atoms with Gasteiger partial charge >= 0.3 is 0 Å². The Balaban J connectivity index is 2.16. The molecule has 1 fully saturated rings. The van der Waals surface area contributed by atoms with Crippen LogP contribution in [-0.4, -0.2) is 18.1 Å². The minimum absolute atomic E-state index is 0.0870. The van der Waals surface area contributed by atoms with E-state index in [1.165, 1.54) is 18.4 Å². The zero-order chi connectivity index (χ0) is 11.5. The topological polar surface area (TPSA) is 42.1 Å². The molecule has 3 nitrogen and oxygen atoms in total. The lowest BCUT2D eigenvalue weighted by atomic mass is 10.00. The number of rotatable bonds is 2. The van der Waals surface area contributed by atoms with E-state index < -0.39 is 0 Å². The predicted octanol–water partition coefficient (Wildman–Crippen LogP) is 2.34. The molecule has 1 saturated heterocycles. The Hall–Kier alpha value is -1.09. The number of pyridine rings is 1. The van der Waals surface area contributed by atoms with E-state index in [4.69, 9.17) is 5.73 Å². The van der Waals surface area contributed by atoms with Crippen molar-refractivity contribution < 1.29 is 0 Å². The van der Waals surface area contributed by atoms with E-state index in [9.17, 15) is 0 Å². The monoisotopic (exact) mass is 219 g/mol. The first-order chi connectivity index (χ1) is 7.66. The van der Waals surface area contributed by atoms with Gasteiger partial charge in [0.2, 0.25) is 0 Å². The summed E-state index contributed by atoms with van der Waals surface area (Å²) in [7, 11) is 0. The number of hydrogen-bond acceptors (Lipinski definition) is 3. The zero-order valence-corrected chi connectivity index (χ0v) is 10.2. The van der Waals surface area contributed by atoms with Crippen LogP contribution in [0.3, 0.4) is 0 Å². The van der Waals surface area contributed by atoms with Crippen LogP contribution in [0.25, 0.3) is 0 Å². The van der Waals surface area contributed by atoms with Gasteiger partial charge in [-0.25, -0.2) is 4.98 Å². The van der Waals surface area contributed by atoms with Crippen molar-refractivity contribution >= 4 is 5.82 Å². The van der Waals surface area contributed by atoms with Gasteiger partial charge in [0.15, 0.2) is 0 Å². The minimum atomic E-state index is 0.0870. The molecule has 1 unspecified atom stereocenters. The van der Waals surface area contributed by atoms with Crippen LogP contribution in [-0.2, 0) is 0 Å². The maximum absolute atomic E-state index is 5.89. The third-order valence-corrected chi connectivity index (χ3v) is 3.28. The van der Waals surface area contributed by atoms with Gasteiger partial charge in [-0.1, -0.05) is 6.92 Å². The molecule has 2 atom stereocenters. The standard InChI is InChI=1S/C13H21N3/c1-10-4-3-7-16(9-10)13-8-12(11(2)14)5-6-15-13/h5-6,8,10-11H,3-4,7,9,14H2,1-2H3/t10?,11-/m0/s1. The molecule has 0 amide bonds. The smallest absolute Gasteiger partial charge is 0.128 e. The van der Waals surface area contributed by atoms with Crippen molar-refractivity contribution in [3.63, 3.8) is 0 Å². The maximum atomic E-state index is 5.89. The summed E-state index contributed by atoms with van der Waals surface area (Å²) in [6.07, 6.45) is 4.47. The van der Waals surface area contributed by atoms with Crippen molar-refractivity contribution in [3.8, 4) is 0 Å². The molecule has 3 heteroatoms. The third kappa shape index (κ3) is 2.53. The van der Waals surface area contributed by atoms with Crippen LogP contribution >= 0.6 is 0 Å². The Morgan fingerprint density at radius 2 is 2.38 bits per heavy atom. The lowest BCUT2D eigenvalue weighted by Gasteiger charge is -2.32. The fourth-order valence-corrected chi connectivity index (χ4v) is 2.29. The minimum Gasteiger partial charge on any atom is -0.356 e. The van der Waals surface area contributed by atoms with Crippen LogP contribution in [0.5, 0.6) is 0 Å². The Bertz CT molecular complexity index is 349. The number of anilines is 1. The maximum Gasteiger partial charge on any atom is 0.128 e. The summed E-state index contributed by atoms with van der Waals surface area (Å²) < 4.78 is 0. The molecule has 0 aliphatic carbocycles. The molecule has 1 aromatic rings. The zero-order valence-electron chi connectivity index (χ0n) is 10.2.